The number of carbonyl (C=O) groups excluding carboxylic acids is 3. The molecule has 0 atom stereocenters. The maximum absolute atomic E-state index is 13.3. The van der Waals surface area contributed by atoms with Gasteiger partial charge in [0.25, 0.3) is 0 Å². The molecule has 6 nitrogen and oxygen atoms in total. The van der Waals surface area contributed by atoms with Crippen LogP contribution in [0.3, 0.4) is 0 Å². The smallest absolute Gasteiger partial charge is 0.223 e. The van der Waals surface area contributed by atoms with Crippen LogP contribution in [0.4, 0.5) is 4.39 Å². The lowest BCUT2D eigenvalue weighted by Gasteiger charge is -2.52. The minimum atomic E-state index is -0.892. The van der Waals surface area contributed by atoms with E-state index in [-0.39, 0.29) is 49.0 Å². The average Bonchev–Trinajstić information content (AvgIpc) is 2.76. The van der Waals surface area contributed by atoms with Crippen molar-refractivity contribution >= 4 is 17.5 Å². The number of carbonyl (C=O) groups is 3. The molecule has 0 aromatic heterocycles. The van der Waals surface area contributed by atoms with Gasteiger partial charge in [-0.05, 0) is 41.8 Å². The number of likely N-dealkylation sites (tertiary alicyclic amines) is 1. The van der Waals surface area contributed by atoms with E-state index in [1.54, 1.807) is 23.1 Å². The maximum atomic E-state index is 13.3. The summed E-state index contributed by atoms with van der Waals surface area (Å²) in [7, 11) is 1.50. The summed E-state index contributed by atoms with van der Waals surface area (Å²) in [6.07, 6.45) is 0.782. The van der Waals surface area contributed by atoms with Gasteiger partial charge >= 0.3 is 0 Å². The molecule has 2 aliphatic rings. The van der Waals surface area contributed by atoms with E-state index >= 15 is 0 Å². The third-order valence-electron chi connectivity index (χ3n) is 6.63. The zero-order chi connectivity index (χ0) is 23.8. The number of hydrogen-bond donors (Lipinski definition) is 0. The predicted octanol–water partition coefficient (Wildman–Crippen LogP) is 3.96. The monoisotopic (exact) mass is 448 g/mol. The van der Waals surface area contributed by atoms with Crippen LogP contribution in [0.5, 0.6) is 5.75 Å². The summed E-state index contributed by atoms with van der Waals surface area (Å²) in [6.45, 7) is 2.59. The molecule has 2 aromatic rings. The molecule has 33 heavy (non-hydrogen) atoms. The van der Waals surface area contributed by atoms with Gasteiger partial charge in [-0.25, -0.2) is 4.39 Å². The Balaban J connectivity index is 1.56. The molecule has 1 spiro atoms. The Morgan fingerprint density at radius 1 is 1.15 bits per heavy atom. The number of hydrogen-bond acceptors (Lipinski definition) is 5. The molecule has 7 heteroatoms. The van der Waals surface area contributed by atoms with Crippen molar-refractivity contribution in [3.63, 3.8) is 0 Å². The van der Waals surface area contributed by atoms with E-state index in [0.29, 0.717) is 24.4 Å². The van der Waals surface area contributed by atoms with Gasteiger partial charge in [0.2, 0.25) is 5.91 Å². The van der Waals surface area contributed by atoms with E-state index in [0.717, 1.165) is 16.7 Å². The molecule has 1 aliphatic carbocycles. The summed E-state index contributed by atoms with van der Waals surface area (Å²) in [5.74, 6) is -1.20. The summed E-state index contributed by atoms with van der Waals surface area (Å²) < 4.78 is 18.9. The van der Waals surface area contributed by atoms with Gasteiger partial charge in [-0.15, -0.1) is 0 Å². The van der Waals surface area contributed by atoms with Gasteiger partial charge in [0, 0.05) is 49.8 Å². The van der Waals surface area contributed by atoms with Crippen LogP contribution in [0.15, 0.2) is 36.4 Å². The van der Waals surface area contributed by atoms with Crippen LogP contribution in [0.25, 0.3) is 11.1 Å². The minimum Gasteiger partial charge on any atom is -0.496 e. The Kier molecular flexibility index (Phi) is 6.03. The van der Waals surface area contributed by atoms with Gasteiger partial charge in [0.1, 0.15) is 29.1 Å². The second kappa shape index (κ2) is 8.78. The first kappa shape index (κ1) is 22.7. The molecule has 0 bridgehead atoms. The van der Waals surface area contributed by atoms with Gasteiger partial charge < -0.3 is 9.64 Å². The predicted molar refractivity (Wildman–Crippen MR) is 119 cm³/mol. The van der Waals surface area contributed by atoms with E-state index in [2.05, 4.69) is 0 Å². The standard InChI is InChI=1S/C26H25FN2O4/c1-16-10-18(17-5-7-19(27)8-6-17)11-22(33-2)24(16)25-20(30)12-26(13-21(25)31)14-29(15-26)23(32)4-3-9-28/h5-8,10-11,25H,3-4,12-15H2,1-2H3. The normalized spacial score (nSPS) is 17.6. The molecule has 1 aliphatic heterocycles. The number of rotatable bonds is 5. The third kappa shape index (κ3) is 4.25. The largest absolute Gasteiger partial charge is 0.496 e. The van der Waals surface area contributed by atoms with Crippen LogP contribution in [0.1, 0.15) is 42.7 Å². The molecule has 0 N–H and O–H groups in total. The molecule has 2 fully saturated rings. The zero-order valence-electron chi connectivity index (χ0n) is 18.7. The molecular weight excluding hydrogens is 423 g/mol. The van der Waals surface area contributed by atoms with E-state index in [1.165, 1.54) is 19.2 Å². The van der Waals surface area contributed by atoms with Gasteiger partial charge in [-0.2, -0.15) is 5.26 Å². The number of ketones is 2. The van der Waals surface area contributed by atoms with E-state index in [4.69, 9.17) is 10.00 Å². The molecule has 4 rings (SSSR count). The van der Waals surface area contributed by atoms with Crippen molar-refractivity contribution in [1.82, 2.24) is 4.90 Å². The number of nitrogens with zero attached hydrogens (tertiary/aromatic N) is 2. The fourth-order valence-electron chi connectivity index (χ4n) is 5.11. The molecule has 0 unspecified atom stereocenters. The highest BCUT2D eigenvalue weighted by Gasteiger charge is 2.53. The lowest BCUT2D eigenvalue weighted by Crippen LogP contribution is -2.62. The fourth-order valence-corrected chi connectivity index (χ4v) is 5.11. The summed E-state index contributed by atoms with van der Waals surface area (Å²) in [5.41, 5.74) is 2.46. The number of amides is 1. The number of ether oxygens (including phenoxy) is 1. The summed E-state index contributed by atoms with van der Waals surface area (Å²) in [6, 6.07) is 11.7. The van der Waals surface area contributed by atoms with Gasteiger partial charge in [0.05, 0.1) is 13.2 Å². The Morgan fingerprint density at radius 3 is 2.36 bits per heavy atom. The number of benzene rings is 2. The number of aryl methyl sites for hydroxylation is 1. The van der Waals surface area contributed by atoms with Crippen molar-refractivity contribution in [2.45, 2.75) is 38.5 Å². The quantitative estimate of drug-likeness (QED) is 0.646. The van der Waals surface area contributed by atoms with E-state index in [9.17, 15) is 18.8 Å². The van der Waals surface area contributed by atoms with Crippen LogP contribution in [-0.2, 0) is 14.4 Å². The summed E-state index contributed by atoms with van der Waals surface area (Å²) in [4.78, 5) is 40.2. The molecular formula is C26H25FN2O4. The lowest BCUT2D eigenvalue weighted by molar-refractivity contribution is -0.154. The first-order valence-electron chi connectivity index (χ1n) is 10.9. The first-order valence-corrected chi connectivity index (χ1v) is 10.9. The van der Waals surface area contributed by atoms with Crippen molar-refractivity contribution in [3.05, 3.63) is 53.3 Å². The highest BCUT2D eigenvalue weighted by Crippen LogP contribution is 2.47. The van der Waals surface area contributed by atoms with Gasteiger partial charge in [-0.1, -0.05) is 18.2 Å². The Hall–Kier alpha value is -3.53. The zero-order valence-corrected chi connectivity index (χ0v) is 18.7. The van der Waals surface area contributed by atoms with Gasteiger partial charge in [0.15, 0.2) is 0 Å². The SMILES string of the molecule is COc1cc(-c2ccc(F)cc2)cc(C)c1C1C(=O)CC2(CC1=O)CN(C(=O)CCC#N)C2. The Labute approximate surface area is 192 Å². The first-order chi connectivity index (χ1) is 15.8. The average molecular weight is 448 g/mol. The number of methoxy groups -OCH3 is 1. The fraction of sp³-hybridized carbons (Fsp3) is 0.385. The maximum Gasteiger partial charge on any atom is 0.223 e. The van der Waals surface area contributed by atoms with Crippen molar-refractivity contribution in [2.24, 2.45) is 5.41 Å². The van der Waals surface area contributed by atoms with Crippen molar-refractivity contribution in [3.8, 4) is 22.9 Å². The van der Waals surface area contributed by atoms with E-state index < -0.39 is 11.3 Å². The van der Waals surface area contributed by atoms with Gasteiger partial charge in [-0.3, -0.25) is 14.4 Å². The Morgan fingerprint density at radius 2 is 1.79 bits per heavy atom. The highest BCUT2D eigenvalue weighted by atomic mass is 19.1. The van der Waals surface area contributed by atoms with Crippen molar-refractivity contribution < 1.29 is 23.5 Å². The molecule has 0 radical (unpaired) electrons. The third-order valence-corrected chi connectivity index (χ3v) is 6.63. The number of nitriles is 1. The topological polar surface area (TPSA) is 87.5 Å². The van der Waals surface area contributed by atoms with Crippen LogP contribution >= 0.6 is 0 Å². The molecule has 1 amide bonds. The molecule has 1 saturated carbocycles. The second-order valence-electron chi connectivity index (χ2n) is 9.04. The minimum absolute atomic E-state index is 0.113. The second-order valence-corrected chi connectivity index (χ2v) is 9.04. The Bertz CT molecular complexity index is 1140. The van der Waals surface area contributed by atoms with E-state index in [1.807, 2.05) is 19.1 Å². The van der Waals surface area contributed by atoms with Crippen molar-refractivity contribution in [1.29, 1.82) is 5.26 Å². The van der Waals surface area contributed by atoms with Crippen LogP contribution in [0, 0.1) is 29.5 Å². The number of Topliss-reactive ketones (excluding diaryl/α,β-unsaturated/α-hetero) is 2. The summed E-state index contributed by atoms with van der Waals surface area (Å²) >= 11 is 0. The molecule has 170 valence electrons. The molecule has 1 saturated heterocycles. The van der Waals surface area contributed by atoms with Crippen LogP contribution < -0.4 is 4.74 Å². The highest BCUT2D eigenvalue weighted by molar-refractivity contribution is 6.11. The lowest BCUT2D eigenvalue weighted by atomic mass is 9.63. The number of halogens is 1. The molecule has 1 heterocycles. The van der Waals surface area contributed by atoms with Crippen LogP contribution in [-0.4, -0.2) is 42.6 Å². The molecule has 2 aromatic carbocycles. The van der Waals surface area contributed by atoms with Crippen LogP contribution in [0.2, 0.25) is 0 Å². The van der Waals surface area contributed by atoms with Crippen molar-refractivity contribution in [2.75, 3.05) is 20.2 Å². The summed E-state index contributed by atoms with van der Waals surface area (Å²) in [5, 5.41) is 8.66.